The van der Waals surface area contributed by atoms with Gasteiger partial charge in [0.25, 0.3) is 0 Å². The van der Waals surface area contributed by atoms with Crippen LogP contribution in [0.5, 0.6) is 0 Å². The molecule has 5 aromatic rings. The Bertz CT molecular complexity index is 1040. The monoisotopic (exact) mass is 332 g/mol. The fourth-order valence-electron chi connectivity index (χ4n) is 3.23. The summed E-state index contributed by atoms with van der Waals surface area (Å²) in [7, 11) is 0. The third-order valence-corrected chi connectivity index (χ3v) is 6.96. The maximum atomic E-state index is 2.31. The van der Waals surface area contributed by atoms with Gasteiger partial charge in [-0.1, -0.05) is 0 Å². The molecule has 0 saturated heterocycles. The summed E-state index contributed by atoms with van der Waals surface area (Å²) >= 11 is 0.395. The molecule has 0 radical (unpaired) electrons. The molecule has 5 rings (SSSR count). The average Bonchev–Trinajstić information content (AvgIpc) is 2.94. The zero-order valence-corrected chi connectivity index (χ0v) is 13.0. The molecule has 4 aromatic carbocycles. The number of hydrogen-bond acceptors (Lipinski definition) is 0. The number of benzene rings is 4. The Morgan fingerprint density at radius 2 is 0.905 bits per heavy atom. The second-order valence-electron chi connectivity index (χ2n) is 5.43. The summed E-state index contributed by atoms with van der Waals surface area (Å²) in [5.74, 6) is 0. The Hall–Kier alpha value is -2.08. The summed E-state index contributed by atoms with van der Waals surface area (Å²) in [6, 6.07) is 26.6. The predicted octanol–water partition coefficient (Wildman–Crippen LogP) is 5.36. The van der Waals surface area contributed by atoms with Gasteiger partial charge in [-0.25, -0.2) is 0 Å². The Morgan fingerprint density at radius 3 is 1.43 bits per heavy atom. The third-order valence-electron chi connectivity index (χ3n) is 4.25. The average molecular weight is 331 g/mol. The molecule has 0 aliphatic heterocycles. The quantitative estimate of drug-likeness (QED) is 0.335. The van der Waals surface area contributed by atoms with Gasteiger partial charge in [0, 0.05) is 0 Å². The maximum absolute atomic E-state index is 2.31. The summed E-state index contributed by atoms with van der Waals surface area (Å²) in [5, 5.41) is 8.44. The molecule has 0 nitrogen and oxygen atoms in total. The van der Waals surface area contributed by atoms with Gasteiger partial charge in [-0.15, -0.1) is 0 Å². The van der Waals surface area contributed by atoms with Crippen molar-refractivity contribution in [2.24, 2.45) is 0 Å². The zero-order valence-electron chi connectivity index (χ0n) is 11.3. The van der Waals surface area contributed by atoms with E-state index in [-0.39, 0.29) is 0 Å². The second-order valence-corrected chi connectivity index (χ2v) is 7.57. The molecule has 1 aromatic heterocycles. The summed E-state index contributed by atoms with van der Waals surface area (Å²) in [6.45, 7) is 0. The molecule has 0 bridgehead atoms. The van der Waals surface area contributed by atoms with E-state index in [0.717, 1.165) is 0 Å². The van der Waals surface area contributed by atoms with Crippen LogP contribution in [0.3, 0.4) is 0 Å². The van der Waals surface area contributed by atoms with Crippen molar-refractivity contribution >= 4 is 55.3 Å². The first kappa shape index (κ1) is 11.6. The summed E-state index contributed by atoms with van der Waals surface area (Å²) < 4.78 is 3.10. The summed E-state index contributed by atoms with van der Waals surface area (Å²) in [5.41, 5.74) is 0. The molecule has 0 atom stereocenters. The first-order chi connectivity index (χ1) is 10.4. The van der Waals surface area contributed by atoms with Gasteiger partial charge in [-0.05, 0) is 0 Å². The predicted molar refractivity (Wildman–Crippen MR) is 93.4 cm³/mol. The Labute approximate surface area is 128 Å². The van der Waals surface area contributed by atoms with Crippen LogP contribution >= 0.6 is 0 Å². The number of rotatable bonds is 0. The number of hydrogen-bond donors (Lipinski definition) is 0. The van der Waals surface area contributed by atoms with E-state index >= 15 is 0 Å². The molecule has 0 N–H and O–H groups in total. The molecule has 0 amide bonds. The van der Waals surface area contributed by atoms with Gasteiger partial charge in [0.05, 0.1) is 0 Å². The van der Waals surface area contributed by atoms with Crippen molar-refractivity contribution in [3.8, 4) is 0 Å². The van der Waals surface area contributed by atoms with Crippen molar-refractivity contribution < 1.29 is 0 Å². The molecule has 0 saturated carbocycles. The first-order valence-electron chi connectivity index (χ1n) is 7.13. The van der Waals surface area contributed by atoms with E-state index in [1.807, 2.05) is 0 Å². The Kier molecular flexibility index (Phi) is 2.32. The van der Waals surface area contributed by atoms with Crippen LogP contribution in [0, 0.1) is 0 Å². The van der Waals surface area contributed by atoms with E-state index in [4.69, 9.17) is 0 Å². The van der Waals surface area contributed by atoms with E-state index in [2.05, 4.69) is 72.8 Å². The van der Waals surface area contributed by atoms with E-state index in [0.29, 0.717) is 14.5 Å². The van der Waals surface area contributed by atoms with Crippen LogP contribution in [0.25, 0.3) is 40.8 Å². The molecule has 0 aliphatic rings. The van der Waals surface area contributed by atoms with Crippen LogP contribution in [0.4, 0.5) is 0 Å². The molecule has 0 unspecified atom stereocenters. The third kappa shape index (κ3) is 1.56. The van der Waals surface area contributed by atoms with Gasteiger partial charge >= 0.3 is 128 Å². The van der Waals surface area contributed by atoms with Crippen molar-refractivity contribution in [2.75, 3.05) is 0 Å². The van der Waals surface area contributed by atoms with Gasteiger partial charge in [0.1, 0.15) is 0 Å². The van der Waals surface area contributed by atoms with E-state index < -0.39 is 0 Å². The Balaban J connectivity index is 2.09. The van der Waals surface area contributed by atoms with Crippen LogP contribution in [0.1, 0.15) is 0 Å². The van der Waals surface area contributed by atoms with Crippen molar-refractivity contribution in [1.82, 2.24) is 0 Å². The van der Waals surface area contributed by atoms with Crippen LogP contribution in [-0.4, -0.2) is 14.5 Å². The normalized spacial score (nSPS) is 11.8. The van der Waals surface area contributed by atoms with Gasteiger partial charge < -0.3 is 0 Å². The molecule has 1 heterocycles. The van der Waals surface area contributed by atoms with Crippen molar-refractivity contribution in [3.63, 3.8) is 0 Å². The van der Waals surface area contributed by atoms with Crippen LogP contribution < -0.4 is 0 Å². The minimum atomic E-state index is 0.395. The second kappa shape index (κ2) is 4.21. The van der Waals surface area contributed by atoms with Crippen LogP contribution in [-0.2, 0) is 0 Å². The molecule has 0 spiro atoms. The van der Waals surface area contributed by atoms with E-state index in [1.54, 1.807) is 8.52 Å². The minimum absolute atomic E-state index is 0.395. The van der Waals surface area contributed by atoms with Crippen LogP contribution in [0.2, 0.25) is 0 Å². The fraction of sp³-hybridized carbons (Fsp3) is 0. The molecule has 98 valence electrons. The SMILES string of the molecule is c1ccc2c(c1)ccc1c3ccc4ccccc4c3[se]c21. The molecular formula is C20H12Se. The first-order valence-corrected chi connectivity index (χ1v) is 8.85. The zero-order chi connectivity index (χ0) is 13.8. The fourth-order valence-corrected chi connectivity index (χ4v) is 6.11. The summed E-state index contributed by atoms with van der Waals surface area (Å²) in [4.78, 5) is 0. The number of fused-ring (bicyclic) bond motifs is 7. The van der Waals surface area contributed by atoms with Crippen molar-refractivity contribution in [3.05, 3.63) is 72.8 Å². The van der Waals surface area contributed by atoms with Gasteiger partial charge in [0.2, 0.25) is 0 Å². The van der Waals surface area contributed by atoms with E-state index in [9.17, 15) is 0 Å². The molecular weight excluding hydrogens is 319 g/mol. The van der Waals surface area contributed by atoms with Crippen molar-refractivity contribution in [1.29, 1.82) is 0 Å². The van der Waals surface area contributed by atoms with Crippen LogP contribution in [0.15, 0.2) is 72.8 Å². The molecule has 0 aliphatic carbocycles. The standard InChI is InChI=1S/C20H12Se/c1-3-7-15-13(5-1)9-11-17-18-12-10-14-6-2-4-8-16(14)20(18)21-19(15)17/h1-12H. The molecule has 21 heavy (non-hydrogen) atoms. The van der Waals surface area contributed by atoms with Gasteiger partial charge in [0.15, 0.2) is 0 Å². The molecule has 0 fully saturated rings. The topological polar surface area (TPSA) is 0 Å². The van der Waals surface area contributed by atoms with Gasteiger partial charge in [-0.2, -0.15) is 0 Å². The van der Waals surface area contributed by atoms with E-state index in [1.165, 1.54) is 32.3 Å². The van der Waals surface area contributed by atoms with Gasteiger partial charge in [-0.3, -0.25) is 0 Å². The Morgan fingerprint density at radius 1 is 0.429 bits per heavy atom. The molecule has 1 heteroatoms. The van der Waals surface area contributed by atoms with Crippen molar-refractivity contribution in [2.45, 2.75) is 0 Å². The summed E-state index contributed by atoms with van der Waals surface area (Å²) in [6.07, 6.45) is 0.